The van der Waals surface area contributed by atoms with Crippen molar-refractivity contribution in [1.82, 2.24) is 9.97 Å². The lowest BCUT2D eigenvalue weighted by Crippen LogP contribution is -2.26. The van der Waals surface area contributed by atoms with E-state index in [1.165, 1.54) is 6.33 Å². The number of hydrogen-bond acceptors (Lipinski definition) is 6. The van der Waals surface area contributed by atoms with Crippen LogP contribution in [0.25, 0.3) is 0 Å². The van der Waals surface area contributed by atoms with Crippen LogP contribution in [0, 0.1) is 0 Å². The molecule has 94 valence electrons. The fourth-order valence-electron chi connectivity index (χ4n) is 1.63. The van der Waals surface area contributed by atoms with Crippen molar-refractivity contribution in [3.05, 3.63) is 12.4 Å². The third-order valence-corrected chi connectivity index (χ3v) is 2.43. The zero-order chi connectivity index (χ0) is 12.3. The van der Waals surface area contributed by atoms with Gasteiger partial charge in [-0.3, -0.25) is 0 Å². The predicted octanol–water partition coefficient (Wildman–Crippen LogP) is 1.05. The average Bonchev–Trinajstić information content (AvgIpc) is 2.67. The van der Waals surface area contributed by atoms with Gasteiger partial charge >= 0.3 is 0 Å². The van der Waals surface area contributed by atoms with Crippen LogP contribution in [0.15, 0.2) is 12.4 Å². The first-order valence-electron chi connectivity index (χ1n) is 5.51. The maximum atomic E-state index is 5.67. The van der Waals surface area contributed by atoms with Gasteiger partial charge < -0.3 is 19.5 Å². The maximum absolute atomic E-state index is 5.67. The van der Waals surface area contributed by atoms with E-state index in [1.54, 1.807) is 13.2 Å². The molecule has 1 aromatic heterocycles. The van der Waals surface area contributed by atoms with E-state index < -0.39 is 5.79 Å². The molecular weight excluding hydrogens is 222 g/mol. The predicted molar refractivity (Wildman–Crippen MR) is 62.0 cm³/mol. The molecule has 1 saturated heterocycles. The summed E-state index contributed by atoms with van der Waals surface area (Å²) >= 11 is 0. The molecule has 0 radical (unpaired) electrons. The van der Waals surface area contributed by atoms with Crippen LogP contribution in [-0.2, 0) is 9.47 Å². The Hall–Kier alpha value is -1.40. The fourth-order valence-corrected chi connectivity index (χ4v) is 1.63. The van der Waals surface area contributed by atoms with E-state index in [2.05, 4.69) is 15.3 Å². The van der Waals surface area contributed by atoms with E-state index in [4.69, 9.17) is 14.2 Å². The summed E-state index contributed by atoms with van der Waals surface area (Å²) in [5, 5.41) is 3.16. The van der Waals surface area contributed by atoms with Crippen LogP contribution >= 0.6 is 0 Å². The summed E-state index contributed by atoms with van der Waals surface area (Å²) in [6.45, 7) is 5.03. The van der Waals surface area contributed by atoms with Crippen LogP contribution < -0.4 is 10.1 Å². The highest BCUT2D eigenvalue weighted by atomic mass is 16.7. The van der Waals surface area contributed by atoms with Crippen molar-refractivity contribution >= 4 is 5.82 Å². The lowest BCUT2D eigenvalue weighted by atomic mass is 10.3. The topological polar surface area (TPSA) is 65.5 Å². The molecule has 0 amide bonds. The molecule has 0 aromatic carbocycles. The van der Waals surface area contributed by atoms with Crippen LogP contribution in [0.5, 0.6) is 5.88 Å². The normalized spacial score (nSPS) is 22.4. The molecule has 0 bridgehead atoms. The molecular formula is C11H17N3O3. The van der Waals surface area contributed by atoms with Gasteiger partial charge in [-0.15, -0.1) is 0 Å². The van der Waals surface area contributed by atoms with Crippen LogP contribution in [0.1, 0.15) is 13.8 Å². The Bertz CT molecular complexity index is 384. The lowest BCUT2D eigenvalue weighted by molar-refractivity contribution is -0.136. The Kier molecular flexibility index (Phi) is 3.44. The number of rotatable bonds is 4. The van der Waals surface area contributed by atoms with Gasteiger partial charge in [0, 0.05) is 12.6 Å². The van der Waals surface area contributed by atoms with Gasteiger partial charge in [0.2, 0.25) is 5.88 Å². The number of nitrogens with zero attached hydrogens (tertiary/aromatic N) is 2. The van der Waals surface area contributed by atoms with Gasteiger partial charge in [-0.25, -0.2) is 9.97 Å². The maximum Gasteiger partial charge on any atom is 0.218 e. The first-order chi connectivity index (χ1) is 8.09. The zero-order valence-electron chi connectivity index (χ0n) is 10.3. The van der Waals surface area contributed by atoms with E-state index in [1.807, 2.05) is 13.8 Å². The minimum absolute atomic E-state index is 0.0333. The average molecular weight is 239 g/mol. The Balaban J connectivity index is 1.86. The smallest absolute Gasteiger partial charge is 0.218 e. The largest absolute Gasteiger partial charge is 0.481 e. The number of hydrogen-bond donors (Lipinski definition) is 1. The number of aromatic nitrogens is 2. The van der Waals surface area contributed by atoms with Gasteiger partial charge in [0.25, 0.3) is 0 Å². The van der Waals surface area contributed by atoms with Crippen molar-refractivity contribution in [3.63, 3.8) is 0 Å². The van der Waals surface area contributed by atoms with Crippen LogP contribution in [0.3, 0.4) is 0 Å². The fraction of sp³-hybridized carbons (Fsp3) is 0.636. The molecule has 1 fully saturated rings. The van der Waals surface area contributed by atoms with Crippen molar-refractivity contribution in [3.8, 4) is 5.88 Å². The van der Waals surface area contributed by atoms with Crippen molar-refractivity contribution < 1.29 is 14.2 Å². The third kappa shape index (κ3) is 3.28. The molecule has 1 N–H and O–H groups in total. The molecule has 1 aliphatic rings. The summed E-state index contributed by atoms with van der Waals surface area (Å²) < 4.78 is 16.1. The van der Waals surface area contributed by atoms with Crippen molar-refractivity contribution in [2.75, 3.05) is 25.6 Å². The van der Waals surface area contributed by atoms with E-state index in [-0.39, 0.29) is 6.10 Å². The highest BCUT2D eigenvalue weighted by molar-refractivity contribution is 5.37. The SMILES string of the molecule is COc1cc(NCC2COC(C)(C)O2)ncn1. The second-order valence-corrected chi connectivity index (χ2v) is 4.28. The minimum Gasteiger partial charge on any atom is -0.481 e. The van der Waals surface area contributed by atoms with E-state index in [0.29, 0.717) is 24.8 Å². The van der Waals surface area contributed by atoms with E-state index >= 15 is 0 Å². The van der Waals surface area contributed by atoms with Gasteiger partial charge in [-0.05, 0) is 13.8 Å². The Labute approximate surface area is 100 Å². The zero-order valence-corrected chi connectivity index (χ0v) is 10.3. The summed E-state index contributed by atoms with van der Waals surface area (Å²) in [6.07, 6.45) is 1.49. The second-order valence-electron chi connectivity index (χ2n) is 4.28. The van der Waals surface area contributed by atoms with Gasteiger partial charge in [0.15, 0.2) is 5.79 Å². The number of anilines is 1. The summed E-state index contributed by atoms with van der Waals surface area (Å²) in [7, 11) is 1.57. The van der Waals surface area contributed by atoms with Crippen LogP contribution in [-0.4, -0.2) is 42.1 Å². The second kappa shape index (κ2) is 4.85. The Morgan fingerprint density at radius 3 is 3.00 bits per heavy atom. The molecule has 0 saturated carbocycles. The number of methoxy groups -OCH3 is 1. The monoisotopic (exact) mass is 239 g/mol. The standard InChI is InChI=1S/C11H17N3O3/c1-11(2)16-6-8(17-11)5-12-9-4-10(15-3)14-7-13-9/h4,7-8H,5-6H2,1-3H3,(H,12,13,14). The molecule has 1 atom stereocenters. The Morgan fingerprint density at radius 2 is 2.35 bits per heavy atom. The summed E-state index contributed by atoms with van der Waals surface area (Å²) in [5.74, 6) is 0.756. The molecule has 2 heterocycles. The van der Waals surface area contributed by atoms with Crippen molar-refractivity contribution in [2.24, 2.45) is 0 Å². The molecule has 17 heavy (non-hydrogen) atoms. The quantitative estimate of drug-likeness (QED) is 0.847. The van der Waals surface area contributed by atoms with Gasteiger partial charge in [-0.1, -0.05) is 0 Å². The van der Waals surface area contributed by atoms with E-state index in [0.717, 1.165) is 0 Å². The van der Waals surface area contributed by atoms with Gasteiger partial charge in [-0.2, -0.15) is 0 Å². The highest BCUT2D eigenvalue weighted by Gasteiger charge is 2.32. The number of ether oxygens (including phenoxy) is 3. The molecule has 1 aromatic rings. The summed E-state index contributed by atoms with van der Waals surface area (Å²) in [4.78, 5) is 8.02. The molecule has 0 spiro atoms. The molecule has 0 aliphatic carbocycles. The van der Waals surface area contributed by atoms with Gasteiger partial charge in [0.05, 0.1) is 13.7 Å². The molecule has 6 nitrogen and oxygen atoms in total. The van der Waals surface area contributed by atoms with Crippen LogP contribution in [0.2, 0.25) is 0 Å². The van der Waals surface area contributed by atoms with E-state index in [9.17, 15) is 0 Å². The molecule has 1 unspecified atom stereocenters. The lowest BCUT2D eigenvalue weighted by Gasteiger charge is -2.17. The summed E-state index contributed by atoms with van der Waals surface area (Å²) in [6, 6.07) is 1.74. The highest BCUT2D eigenvalue weighted by Crippen LogP contribution is 2.22. The minimum atomic E-state index is -0.490. The Morgan fingerprint density at radius 1 is 1.53 bits per heavy atom. The first kappa shape index (κ1) is 12.1. The van der Waals surface area contributed by atoms with Crippen molar-refractivity contribution in [1.29, 1.82) is 0 Å². The molecule has 6 heteroatoms. The van der Waals surface area contributed by atoms with Crippen molar-refractivity contribution in [2.45, 2.75) is 25.7 Å². The first-order valence-corrected chi connectivity index (χ1v) is 5.51. The molecule has 2 rings (SSSR count). The third-order valence-electron chi connectivity index (χ3n) is 2.43. The summed E-state index contributed by atoms with van der Waals surface area (Å²) in [5.41, 5.74) is 0. The molecule has 1 aliphatic heterocycles. The number of nitrogens with one attached hydrogen (secondary N) is 1. The van der Waals surface area contributed by atoms with Crippen LogP contribution in [0.4, 0.5) is 5.82 Å². The van der Waals surface area contributed by atoms with Gasteiger partial charge in [0.1, 0.15) is 18.2 Å².